The molecule has 20 heavy (non-hydrogen) atoms. The minimum absolute atomic E-state index is 0.0891. The van der Waals surface area contributed by atoms with Gasteiger partial charge in [0.2, 0.25) is 10.0 Å². The summed E-state index contributed by atoms with van der Waals surface area (Å²) in [6.45, 7) is 5.41. The monoisotopic (exact) mass is 318 g/mol. The highest BCUT2D eigenvalue weighted by atomic mass is 32.2. The number of aryl methyl sites for hydroxylation is 1. The fraction of sp³-hybridized carbons (Fsp3) is 0.692. The Morgan fingerprint density at radius 2 is 2.15 bits per heavy atom. The van der Waals surface area contributed by atoms with Crippen LogP contribution in [0.25, 0.3) is 0 Å². The van der Waals surface area contributed by atoms with Gasteiger partial charge < -0.3 is 10.5 Å². The smallest absolute Gasteiger partial charge is 0.242 e. The number of rotatable bonds is 5. The quantitative estimate of drug-likeness (QED) is 0.864. The van der Waals surface area contributed by atoms with Crippen molar-refractivity contribution in [2.24, 2.45) is 11.7 Å². The zero-order valence-corrected chi connectivity index (χ0v) is 13.5. The lowest BCUT2D eigenvalue weighted by atomic mass is 9.94. The maximum atomic E-state index is 12.6. The van der Waals surface area contributed by atoms with Gasteiger partial charge in [-0.1, -0.05) is 0 Å². The molecule has 1 unspecified atom stereocenters. The molecular weight excluding hydrogens is 296 g/mol. The van der Waals surface area contributed by atoms with Crippen LogP contribution in [-0.2, 0) is 21.3 Å². The van der Waals surface area contributed by atoms with Crippen LogP contribution in [0.2, 0.25) is 0 Å². The molecular formula is C13H22N2O3S2. The molecule has 1 aliphatic rings. The highest BCUT2D eigenvalue weighted by Gasteiger charge is 2.28. The van der Waals surface area contributed by atoms with Crippen molar-refractivity contribution in [1.82, 2.24) is 4.72 Å². The van der Waals surface area contributed by atoms with Crippen LogP contribution in [0.3, 0.4) is 0 Å². The zero-order valence-electron chi connectivity index (χ0n) is 11.9. The molecule has 1 aromatic heterocycles. The number of sulfonamides is 1. The van der Waals surface area contributed by atoms with Crippen molar-refractivity contribution >= 4 is 21.4 Å². The molecule has 0 bridgehead atoms. The van der Waals surface area contributed by atoms with E-state index < -0.39 is 10.0 Å². The molecule has 1 aromatic rings. The minimum Gasteiger partial charge on any atom is -0.381 e. The van der Waals surface area contributed by atoms with E-state index in [-0.39, 0.29) is 12.6 Å². The third-order valence-electron chi connectivity index (χ3n) is 3.76. The maximum absolute atomic E-state index is 12.6. The molecule has 0 aliphatic carbocycles. The molecule has 0 saturated carbocycles. The number of ether oxygens (including phenoxy) is 1. The van der Waals surface area contributed by atoms with Crippen LogP contribution >= 0.6 is 11.3 Å². The van der Waals surface area contributed by atoms with Crippen LogP contribution in [0.15, 0.2) is 10.3 Å². The van der Waals surface area contributed by atoms with Crippen molar-refractivity contribution in [1.29, 1.82) is 0 Å². The average Bonchev–Trinajstić information content (AvgIpc) is 2.81. The zero-order chi connectivity index (χ0) is 14.8. The first-order valence-electron chi connectivity index (χ1n) is 6.83. The number of hydrogen-bond donors (Lipinski definition) is 2. The highest BCUT2D eigenvalue weighted by Crippen LogP contribution is 2.27. The van der Waals surface area contributed by atoms with Gasteiger partial charge in [0.15, 0.2) is 0 Å². The second-order valence-electron chi connectivity index (χ2n) is 5.23. The minimum atomic E-state index is -3.50. The number of nitrogens with one attached hydrogen (secondary N) is 1. The van der Waals surface area contributed by atoms with E-state index in [9.17, 15) is 8.42 Å². The third kappa shape index (κ3) is 3.40. The van der Waals surface area contributed by atoms with Gasteiger partial charge in [0, 0.05) is 30.7 Å². The standard InChI is InChI=1S/C13H22N2O3S2/c1-9-8-19-12(7-14)13(9)20(16,17)15-10(2)11-3-5-18-6-4-11/h8,10-11,15H,3-7,14H2,1-2H3. The lowest BCUT2D eigenvalue weighted by molar-refractivity contribution is 0.0585. The summed E-state index contributed by atoms with van der Waals surface area (Å²) in [5.74, 6) is 0.332. The summed E-state index contributed by atoms with van der Waals surface area (Å²) in [5, 5.41) is 1.84. The SMILES string of the molecule is Cc1csc(CN)c1S(=O)(=O)NC(C)C1CCOCC1. The summed E-state index contributed by atoms with van der Waals surface area (Å²) in [5.41, 5.74) is 6.40. The van der Waals surface area contributed by atoms with Gasteiger partial charge in [0.1, 0.15) is 4.90 Å². The lowest BCUT2D eigenvalue weighted by Gasteiger charge is -2.28. The molecule has 1 atom stereocenters. The van der Waals surface area contributed by atoms with Crippen LogP contribution in [0.1, 0.15) is 30.2 Å². The molecule has 0 amide bonds. The third-order valence-corrected chi connectivity index (χ3v) is 6.80. The van der Waals surface area contributed by atoms with Crippen molar-refractivity contribution in [3.8, 4) is 0 Å². The molecule has 0 radical (unpaired) electrons. The largest absolute Gasteiger partial charge is 0.381 e. The van der Waals surface area contributed by atoms with Gasteiger partial charge in [-0.25, -0.2) is 13.1 Å². The van der Waals surface area contributed by atoms with E-state index in [1.165, 1.54) is 11.3 Å². The van der Waals surface area contributed by atoms with Gasteiger partial charge in [-0.15, -0.1) is 11.3 Å². The molecule has 7 heteroatoms. The molecule has 3 N–H and O–H groups in total. The second-order valence-corrected chi connectivity index (χ2v) is 7.85. The van der Waals surface area contributed by atoms with Gasteiger partial charge in [0.05, 0.1) is 0 Å². The molecule has 5 nitrogen and oxygen atoms in total. The van der Waals surface area contributed by atoms with E-state index in [2.05, 4.69) is 4.72 Å². The van der Waals surface area contributed by atoms with Crippen LogP contribution in [-0.4, -0.2) is 27.7 Å². The van der Waals surface area contributed by atoms with Crippen molar-refractivity contribution in [2.45, 2.75) is 44.2 Å². The normalized spacial score (nSPS) is 19.1. The molecule has 2 heterocycles. The van der Waals surface area contributed by atoms with E-state index in [0.29, 0.717) is 28.9 Å². The highest BCUT2D eigenvalue weighted by molar-refractivity contribution is 7.89. The topological polar surface area (TPSA) is 81.4 Å². The summed E-state index contributed by atoms with van der Waals surface area (Å²) < 4.78 is 33.2. The van der Waals surface area contributed by atoms with Gasteiger partial charge in [0.25, 0.3) is 0 Å². The molecule has 1 fully saturated rings. The van der Waals surface area contributed by atoms with E-state index in [1.807, 2.05) is 19.2 Å². The predicted molar refractivity (Wildman–Crippen MR) is 80.3 cm³/mol. The van der Waals surface area contributed by atoms with E-state index in [4.69, 9.17) is 10.5 Å². The number of hydrogen-bond acceptors (Lipinski definition) is 5. The van der Waals surface area contributed by atoms with Crippen molar-refractivity contribution in [3.63, 3.8) is 0 Å². The Balaban J connectivity index is 2.16. The van der Waals surface area contributed by atoms with Gasteiger partial charge in [-0.2, -0.15) is 0 Å². The fourth-order valence-electron chi connectivity index (χ4n) is 2.60. The Bertz CT molecular complexity index is 548. The first-order valence-corrected chi connectivity index (χ1v) is 9.19. The molecule has 1 aliphatic heterocycles. The van der Waals surface area contributed by atoms with Crippen molar-refractivity contribution in [3.05, 3.63) is 15.8 Å². The van der Waals surface area contributed by atoms with E-state index in [0.717, 1.165) is 18.4 Å². The molecule has 1 saturated heterocycles. The van der Waals surface area contributed by atoms with Crippen LogP contribution in [0, 0.1) is 12.8 Å². The Kier molecular flexibility index (Phi) is 5.19. The summed E-state index contributed by atoms with van der Waals surface area (Å²) >= 11 is 1.40. The van der Waals surface area contributed by atoms with Gasteiger partial charge in [-0.3, -0.25) is 0 Å². The number of thiophene rings is 1. The Hall–Kier alpha value is -0.470. The van der Waals surface area contributed by atoms with Crippen LogP contribution < -0.4 is 10.5 Å². The maximum Gasteiger partial charge on any atom is 0.242 e. The first kappa shape index (κ1) is 15.9. The fourth-order valence-corrected chi connectivity index (χ4v) is 5.62. The van der Waals surface area contributed by atoms with Gasteiger partial charge >= 0.3 is 0 Å². The predicted octanol–water partition coefficient (Wildman–Crippen LogP) is 1.61. The molecule has 114 valence electrons. The average molecular weight is 318 g/mol. The van der Waals surface area contributed by atoms with Crippen LogP contribution in [0.5, 0.6) is 0 Å². The van der Waals surface area contributed by atoms with E-state index >= 15 is 0 Å². The summed E-state index contributed by atoms with van der Waals surface area (Å²) in [7, 11) is -3.50. The number of nitrogens with two attached hydrogens (primary N) is 1. The molecule has 0 aromatic carbocycles. The Labute approximate surface area is 124 Å². The van der Waals surface area contributed by atoms with Crippen molar-refractivity contribution < 1.29 is 13.2 Å². The molecule has 0 spiro atoms. The summed E-state index contributed by atoms with van der Waals surface area (Å²) in [6, 6.07) is -0.0891. The van der Waals surface area contributed by atoms with Crippen molar-refractivity contribution in [2.75, 3.05) is 13.2 Å². The second kappa shape index (κ2) is 6.53. The first-order chi connectivity index (χ1) is 9.45. The van der Waals surface area contributed by atoms with Crippen LogP contribution in [0.4, 0.5) is 0 Å². The molecule has 2 rings (SSSR count). The Morgan fingerprint density at radius 1 is 1.50 bits per heavy atom. The Morgan fingerprint density at radius 3 is 2.75 bits per heavy atom. The van der Waals surface area contributed by atoms with E-state index in [1.54, 1.807) is 0 Å². The summed E-state index contributed by atoms with van der Waals surface area (Å²) in [6.07, 6.45) is 1.80. The van der Waals surface area contributed by atoms with Gasteiger partial charge in [-0.05, 0) is 43.6 Å². The summed E-state index contributed by atoms with van der Waals surface area (Å²) in [4.78, 5) is 1.08. The lowest BCUT2D eigenvalue weighted by Crippen LogP contribution is -2.40.